The van der Waals surface area contributed by atoms with Gasteiger partial charge in [-0.2, -0.15) is 0 Å². The predicted molar refractivity (Wildman–Crippen MR) is 60.6 cm³/mol. The number of carbonyl (C=O) groups is 1. The van der Waals surface area contributed by atoms with E-state index in [2.05, 4.69) is 10.9 Å². The molecule has 1 aliphatic rings. The molecule has 82 valence electrons. The van der Waals surface area contributed by atoms with Gasteiger partial charge in [0.05, 0.1) is 0 Å². The maximum absolute atomic E-state index is 11.7. The quantitative estimate of drug-likeness (QED) is 0.707. The lowest BCUT2D eigenvalue weighted by Gasteiger charge is -2.17. The zero-order valence-corrected chi connectivity index (χ0v) is 9.25. The molecule has 0 aromatic carbocycles. The van der Waals surface area contributed by atoms with Crippen LogP contribution in [0.25, 0.3) is 0 Å². The zero-order valence-electron chi connectivity index (χ0n) is 9.25. The Kier molecular flexibility index (Phi) is 2.91. The molecular formula is C13H13NO2. The number of Topliss-reactive ketones (excluding diaryl/α,β-unsaturated/α-hetero) is 1. The molecule has 16 heavy (non-hydrogen) atoms. The summed E-state index contributed by atoms with van der Waals surface area (Å²) in [6.45, 7) is 2.08. The number of terminal acetylenes is 1. The first-order chi connectivity index (χ1) is 7.72. The van der Waals surface area contributed by atoms with Crippen LogP contribution in [0.15, 0.2) is 6.07 Å². The van der Waals surface area contributed by atoms with Gasteiger partial charge in [-0.25, -0.2) is 4.98 Å². The molecule has 0 unspecified atom stereocenters. The highest BCUT2D eigenvalue weighted by molar-refractivity contribution is 5.97. The summed E-state index contributed by atoms with van der Waals surface area (Å²) < 4.78 is 5.45. The molecule has 1 aliphatic carbocycles. The minimum Gasteiger partial charge on any atom is -0.481 e. The Balaban J connectivity index is 2.45. The maximum atomic E-state index is 11.7. The second-order valence-corrected chi connectivity index (χ2v) is 3.86. The first-order valence-electron chi connectivity index (χ1n) is 5.32. The summed E-state index contributed by atoms with van der Waals surface area (Å²) in [4.78, 5) is 16.0. The van der Waals surface area contributed by atoms with Crippen LogP contribution >= 0.6 is 0 Å². The molecular weight excluding hydrogens is 202 g/mol. The van der Waals surface area contributed by atoms with Crippen molar-refractivity contribution in [3.05, 3.63) is 23.0 Å². The third-order valence-electron chi connectivity index (χ3n) is 2.62. The van der Waals surface area contributed by atoms with Crippen LogP contribution in [0.5, 0.6) is 5.75 Å². The number of aryl methyl sites for hydroxylation is 1. The Morgan fingerprint density at radius 2 is 2.38 bits per heavy atom. The van der Waals surface area contributed by atoms with Gasteiger partial charge >= 0.3 is 0 Å². The normalized spacial score (nSPS) is 14.1. The van der Waals surface area contributed by atoms with E-state index in [1.54, 1.807) is 0 Å². The van der Waals surface area contributed by atoms with Gasteiger partial charge in [-0.05, 0) is 19.8 Å². The van der Waals surface area contributed by atoms with Crippen molar-refractivity contribution in [1.29, 1.82) is 0 Å². The summed E-state index contributed by atoms with van der Waals surface area (Å²) in [7, 11) is 0. The number of hydrogen-bond acceptors (Lipinski definition) is 3. The number of rotatable bonds is 2. The molecule has 0 amide bonds. The Morgan fingerprint density at radius 3 is 3.12 bits per heavy atom. The summed E-state index contributed by atoms with van der Waals surface area (Å²) >= 11 is 0. The number of carbonyl (C=O) groups excluding carboxylic acids is 1. The van der Waals surface area contributed by atoms with Crippen LogP contribution in [0.3, 0.4) is 0 Å². The van der Waals surface area contributed by atoms with Gasteiger partial charge in [0.1, 0.15) is 18.1 Å². The van der Waals surface area contributed by atoms with Crippen molar-refractivity contribution >= 4 is 5.78 Å². The summed E-state index contributed by atoms with van der Waals surface area (Å²) in [6, 6.07) is 1.84. The van der Waals surface area contributed by atoms with Crippen LogP contribution in [-0.2, 0) is 6.42 Å². The minimum atomic E-state index is 0.107. The van der Waals surface area contributed by atoms with Gasteiger partial charge in [0.2, 0.25) is 0 Å². The molecule has 0 fully saturated rings. The smallest absolute Gasteiger partial charge is 0.181 e. The number of nitrogens with zero attached hydrogens (tertiary/aromatic N) is 1. The van der Waals surface area contributed by atoms with E-state index in [9.17, 15) is 4.79 Å². The lowest BCUT2D eigenvalue weighted by Crippen LogP contribution is -2.15. The van der Waals surface area contributed by atoms with Gasteiger partial charge in [0.25, 0.3) is 0 Å². The number of aromatic nitrogens is 1. The third kappa shape index (κ3) is 1.92. The van der Waals surface area contributed by atoms with Crippen molar-refractivity contribution in [2.24, 2.45) is 0 Å². The van der Waals surface area contributed by atoms with E-state index < -0.39 is 0 Å². The van der Waals surface area contributed by atoms with Crippen LogP contribution in [0.2, 0.25) is 0 Å². The summed E-state index contributed by atoms with van der Waals surface area (Å²) in [6.07, 6.45) is 7.45. The molecule has 3 heteroatoms. The molecule has 1 aromatic rings. The summed E-state index contributed by atoms with van der Waals surface area (Å²) in [5, 5.41) is 0. The highest BCUT2D eigenvalue weighted by Gasteiger charge is 2.22. The molecule has 0 radical (unpaired) electrons. The minimum absolute atomic E-state index is 0.107. The Hall–Kier alpha value is -1.82. The SMILES string of the molecule is C#CCOc1cc(C)nc2c1CCCC2=O. The third-order valence-corrected chi connectivity index (χ3v) is 2.62. The van der Waals surface area contributed by atoms with Crippen LogP contribution in [0.4, 0.5) is 0 Å². The average Bonchev–Trinajstić information content (AvgIpc) is 2.27. The van der Waals surface area contributed by atoms with Crippen molar-refractivity contribution in [2.45, 2.75) is 26.2 Å². The van der Waals surface area contributed by atoms with Crippen molar-refractivity contribution in [2.75, 3.05) is 6.61 Å². The summed E-state index contributed by atoms with van der Waals surface area (Å²) in [5.41, 5.74) is 2.27. The van der Waals surface area contributed by atoms with E-state index in [-0.39, 0.29) is 12.4 Å². The number of pyridine rings is 1. The monoisotopic (exact) mass is 215 g/mol. The fourth-order valence-electron chi connectivity index (χ4n) is 1.93. The number of ether oxygens (including phenoxy) is 1. The molecule has 2 rings (SSSR count). The van der Waals surface area contributed by atoms with Crippen molar-refractivity contribution in [3.8, 4) is 18.1 Å². The van der Waals surface area contributed by atoms with E-state index in [0.717, 1.165) is 24.1 Å². The average molecular weight is 215 g/mol. The molecule has 0 saturated carbocycles. The van der Waals surface area contributed by atoms with Gasteiger partial charge in [0, 0.05) is 23.7 Å². The predicted octanol–water partition coefficient (Wildman–Crippen LogP) is 1.92. The molecule has 0 aliphatic heterocycles. The largest absolute Gasteiger partial charge is 0.481 e. The van der Waals surface area contributed by atoms with E-state index in [4.69, 9.17) is 11.2 Å². The summed E-state index contributed by atoms with van der Waals surface area (Å²) in [5.74, 6) is 3.25. The van der Waals surface area contributed by atoms with E-state index >= 15 is 0 Å². The molecule has 0 N–H and O–H groups in total. The number of hydrogen-bond donors (Lipinski definition) is 0. The van der Waals surface area contributed by atoms with Crippen LogP contribution < -0.4 is 4.74 Å². The van der Waals surface area contributed by atoms with E-state index in [0.29, 0.717) is 17.9 Å². The second kappa shape index (κ2) is 4.36. The van der Waals surface area contributed by atoms with E-state index in [1.807, 2.05) is 13.0 Å². The Labute approximate surface area is 94.8 Å². The Bertz CT molecular complexity index is 472. The molecule has 0 saturated heterocycles. The van der Waals surface area contributed by atoms with Crippen molar-refractivity contribution < 1.29 is 9.53 Å². The number of ketones is 1. The second-order valence-electron chi connectivity index (χ2n) is 3.86. The first kappa shape index (κ1) is 10.7. The molecule has 0 spiro atoms. The lowest BCUT2D eigenvalue weighted by molar-refractivity contribution is 0.0966. The van der Waals surface area contributed by atoms with Crippen molar-refractivity contribution in [1.82, 2.24) is 4.98 Å². The molecule has 1 heterocycles. The van der Waals surface area contributed by atoms with Crippen LogP contribution in [-0.4, -0.2) is 17.4 Å². The fourth-order valence-corrected chi connectivity index (χ4v) is 1.93. The molecule has 0 bridgehead atoms. The lowest BCUT2D eigenvalue weighted by atomic mass is 9.94. The highest BCUT2D eigenvalue weighted by atomic mass is 16.5. The van der Waals surface area contributed by atoms with Crippen LogP contribution in [0.1, 0.15) is 34.6 Å². The standard InChI is InChI=1S/C13H13NO2/c1-3-7-16-12-8-9(2)14-13-10(12)5-4-6-11(13)15/h1,8H,4-7H2,2H3. The molecule has 3 nitrogen and oxygen atoms in total. The van der Waals surface area contributed by atoms with Gasteiger partial charge < -0.3 is 4.74 Å². The van der Waals surface area contributed by atoms with Gasteiger partial charge in [-0.15, -0.1) is 6.42 Å². The van der Waals surface area contributed by atoms with Gasteiger partial charge in [0.15, 0.2) is 5.78 Å². The van der Waals surface area contributed by atoms with Crippen molar-refractivity contribution in [3.63, 3.8) is 0 Å². The van der Waals surface area contributed by atoms with Gasteiger partial charge in [-0.3, -0.25) is 4.79 Å². The highest BCUT2D eigenvalue weighted by Crippen LogP contribution is 2.29. The first-order valence-corrected chi connectivity index (χ1v) is 5.32. The molecule has 0 atom stereocenters. The number of fused-ring (bicyclic) bond motifs is 1. The fraction of sp³-hybridized carbons (Fsp3) is 0.385. The topological polar surface area (TPSA) is 39.2 Å². The maximum Gasteiger partial charge on any atom is 0.181 e. The van der Waals surface area contributed by atoms with Crippen LogP contribution in [0, 0.1) is 19.3 Å². The molecule has 1 aromatic heterocycles. The zero-order chi connectivity index (χ0) is 11.5. The Morgan fingerprint density at radius 1 is 1.56 bits per heavy atom. The van der Waals surface area contributed by atoms with Gasteiger partial charge in [-0.1, -0.05) is 5.92 Å². The van der Waals surface area contributed by atoms with E-state index in [1.165, 1.54) is 0 Å².